The number of carbonyl (C=O) groups excluding carboxylic acids is 1. The van der Waals surface area contributed by atoms with E-state index in [4.69, 9.17) is 23.2 Å². The lowest BCUT2D eigenvalue weighted by Crippen LogP contribution is -2.47. The highest BCUT2D eigenvalue weighted by Crippen LogP contribution is 2.24. The predicted octanol–water partition coefficient (Wildman–Crippen LogP) is 3.83. The normalized spacial score (nSPS) is 14.7. The second-order valence-corrected chi connectivity index (χ2v) is 6.83. The van der Waals surface area contributed by atoms with Crippen molar-refractivity contribution in [1.82, 2.24) is 9.80 Å². The first kappa shape index (κ1) is 18.7. The van der Waals surface area contributed by atoms with Crippen LogP contribution in [0.25, 0.3) is 0 Å². The summed E-state index contributed by atoms with van der Waals surface area (Å²) >= 11 is 12.0. The van der Waals surface area contributed by atoms with Gasteiger partial charge in [0, 0.05) is 44.2 Å². The van der Waals surface area contributed by atoms with Gasteiger partial charge in [-0.25, -0.2) is 4.39 Å². The molecule has 1 heterocycles. The van der Waals surface area contributed by atoms with E-state index in [2.05, 4.69) is 16.7 Å². The molecule has 0 bridgehead atoms. The summed E-state index contributed by atoms with van der Waals surface area (Å²) in [5.74, 6) is 4.99. The van der Waals surface area contributed by atoms with Crippen LogP contribution in [0.15, 0.2) is 42.5 Å². The molecule has 0 aromatic heterocycles. The molecule has 0 aliphatic carbocycles. The van der Waals surface area contributed by atoms with E-state index in [1.54, 1.807) is 35.2 Å². The fourth-order valence-electron chi connectivity index (χ4n) is 2.76. The Kier molecular flexibility index (Phi) is 6.16. The molecule has 0 radical (unpaired) electrons. The summed E-state index contributed by atoms with van der Waals surface area (Å²) in [4.78, 5) is 16.2. The molecular formula is C20H17Cl2FN2O. The van der Waals surface area contributed by atoms with Crippen molar-refractivity contribution in [1.29, 1.82) is 0 Å². The van der Waals surface area contributed by atoms with Gasteiger partial charge in [0.15, 0.2) is 0 Å². The van der Waals surface area contributed by atoms with E-state index in [1.807, 2.05) is 0 Å². The average Bonchev–Trinajstić information content (AvgIpc) is 2.65. The molecule has 6 heteroatoms. The van der Waals surface area contributed by atoms with Crippen LogP contribution in [0.4, 0.5) is 4.39 Å². The maximum absolute atomic E-state index is 13.0. The van der Waals surface area contributed by atoms with Crippen LogP contribution in [-0.4, -0.2) is 41.9 Å². The number of rotatable bonds is 2. The van der Waals surface area contributed by atoms with Gasteiger partial charge < -0.3 is 4.90 Å². The van der Waals surface area contributed by atoms with Crippen LogP contribution >= 0.6 is 23.2 Å². The number of carbonyl (C=O) groups is 1. The van der Waals surface area contributed by atoms with Gasteiger partial charge >= 0.3 is 0 Å². The van der Waals surface area contributed by atoms with Crippen LogP contribution in [0.1, 0.15) is 11.1 Å². The van der Waals surface area contributed by atoms with Gasteiger partial charge in [-0.1, -0.05) is 47.3 Å². The lowest BCUT2D eigenvalue weighted by atomic mass is 10.2. The Balaban J connectivity index is 1.55. The van der Waals surface area contributed by atoms with Gasteiger partial charge in [-0.05, 0) is 29.8 Å². The molecule has 3 rings (SSSR count). The molecule has 1 fully saturated rings. The Labute approximate surface area is 162 Å². The molecule has 0 spiro atoms. The Bertz CT molecular complexity index is 850. The van der Waals surface area contributed by atoms with Crippen LogP contribution in [0.2, 0.25) is 10.0 Å². The van der Waals surface area contributed by atoms with E-state index >= 15 is 0 Å². The van der Waals surface area contributed by atoms with Crippen LogP contribution in [0.5, 0.6) is 0 Å². The number of amides is 1. The standard InChI is InChI=1S/C20H17Cl2FN2O/c21-18-3-1-2-16(20(18)22)6-9-19(26)25-12-10-24(11-13-25)14-15-4-7-17(23)8-5-15/h1-5,7-8H,10-14H2. The Hall–Kier alpha value is -2.06. The Morgan fingerprint density at radius 2 is 1.73 bits per heavy atom. The van der Waals surface area contributed by atoms with E-state index in [0.717, 1.165) is 25.2 Å². The van der Waals surface area contributed by atoms with Crippen molar-refractivity contribution < 1.29 is 9.18 Å². The number of piperazine rings is 1. The molecule has 0 saturated carbocycles. The first-order chi connectivity index (χ1) is 12.5. The first-order valence-electron chi connectivity index (χ1n) is 8.24. The van der Waals surface area contributed by atoms with Gasteiger partial charge in [0.25, 0.3) is 5.91 Å². The van der Waals surface area contributed by atoms with Crippen molar-refractivity contribution in [3.05, 3.63) is 69.5 Å². The number of benzene rings is 2. The summed E-state index contributed by atoms with van der Waals surface area (Å²) in [6.45, 7) is 3.47. The summed E-state index contributed by atoms with van der Waals surface area (Å²) in [7, 11) is 0. The van der Waals surface area contributed by atoms with E-state index in [-0.39, 0.29) is 11.7 Å². The zero-order chi connectivity index (χ0) is 18.5. The van der Waals surface area contributed by atoms with Crippen molar-refractivity contribution in [2.75, 3.05) is 26.2 Å². The minimum Gasteiger partial charge on any atom is -0.329 e. The van der Waals surface area contributed by atoms with E-state index in [1.165, 1.54) is 12.1 Å². The molecule has 1 aliphatic rings. The molecular weight excluding hydrogens is 374 g/mol. The maximum Gasteiger partial charge on any atom is 0.298 e. The van der Waals surface area contributed by atoms with Crippen molar-refractivity contribution in [3.8, 4) is 11.8 Å². The van der Waals surface area contributed by atoms with Crippen LogP contribution in [-0.2, 0) is 11.3 Å². The van der Waals surface area contributed by atoms with E-state index in [9.17, 15) is 9.18 Å². The van der Waals surface area contributed by atoms with Gasteiger partial charge in [0.05, 0.1) is 10.0 Å². The van der Waals surface area contributed by atoms with Crippen molar-refractivity contribution in [2.24, 2.45) is 0 Å². The second kappa shape index (κ2) is 8.55. The molecule has 3 nitrogen and oxygen atoms in total. The minimum atomic E-state index is -0.234. The third-order valence-corrected chi connectivity index (χ3v) is 5.05. The zero-order valence-corrected chi connectivity index (χ0v) is 15.5. The average molecular weight is 391 g/mol. The Morgan fingerprint density at radius 1 is 1.04 bits per heavy atom. The number of nitrogens with zero attached hydrogens (tertiary/aromatic N) is 2. The monoisotopic (exact) mass is 390 g/mol. The highest BCUT2D eigenvalue weighted by molar-refractivity contribution is 6.42. The van der Waals surface area contributed by atoms with Gasteiger partial charge in [0.1, 0.15) is 5.82 Å². The topological polar surface area (TPSA) is 23.6 Å². The van der Waals surface area contributed by atoms with Gasteiger partial charge in [-0.3, -0.25) is 9.69 Å². The van der Waals surface area contributed by atoms with Crippen LogP contribution < -0.4 is 0 Å². The SMILES string of the molecule is O=C(C#Cc1cccc(Cl)c1Cl)N1CCN(Cc2ccc(F)cc2)CC1. The molecule has 26 heavy (non-hydrogen) atoms. The molecule has 0 N–H and O–H groups in total. The lowest BCUT2D eigenvalue weighted by molar-refractivity contribution is -0.126. The summed E-state index contributed by atoms with van der Waals surface area (Å²) in [5.41, 5.74) is 1.60. The molecule has 1 aliphatic heterocycles. The van der Waals surface area contributed by atoms with Crippen LogP contribution in [0.3, 0.4) is 0 Å². The molecule has 134 valence electrons. The second-order valence-electron chi connectivity index (χ2n) is 6.05. The molecule has 1 saturated heterocycles. The minimum absolute atomic E-state index is 0.220. The summed E-state index contributed by atoms with van der Waals surface area (Å²) in [5, 5.41) is 0.777. The third kappa shape index (κ3) is 4.76. The zero-order valence-electron chi connectivity index (χ0n) is 14.0. The molecule has 2 aromatic carbocycles. The smallest absolute Gasteiger partial charge is 0.298 e. The third-order valence-electron chi connectivity index (χ3n) is 4.23. The largest absolute Gasteiger partial charge is 0.329 e. The van der Waals surface area contributed by atoms with E-state index < -0.39 is 0 Å². The maximum atomic E-state index is 13.0. The highest BCUT2D eigenvalue weighted by Gasteiger charge is 2.20. The summed E-state index contributed by atoms with van der Waals surface area (Å²) in [6.07, 6.45) is 0. The molecule has 0 unspecified atom stereocenters. The quantitative estimate of drug-likeness (QED) is 0.727. The fourth-order valence-corrected chi connectivity index (χ4v) is 3.11. The van der Waals surface area contributed by atoms with Crippen molar-refractivity contribution >= 4 is 29.1 Å². The predicted molar refractivity (Wildman–Crippen MR) is 102 cm³/mol. The number of halogens is 3. The van der Waals surface area contributed by atoms with Gasteiger partial charge in [-0.2, -0.15) is 0 Å². The van der Waals surface area contributed by atoms with Crippen molar-refractivity contribution in [2.45, 2.75) is 6.54 Å². The van der Waals surface area contributed by atoms with E-state index in [0.29, 0.717) is 28.7 Å². The number of hydrogen-bond acceptors (Lipinski definition) is 2. The first-order valence-corrected chi connectivity index (χ1v) is 9.00. The van der Waals surface area contributed by atoms with Gasteiger partial charge in [0.2, 0.25) is 0 Å². The molecule has 1 amide bonds. The Morgan fingerprint density at radius 3 is 2.42 bits per heavy atom. The lowest BCUT2D eigenvalue weighted by Gasteiger charge is -2.33. The van der Waals surface area contributed by atoms with Gasteiger partial charge in [-0.15, -0.1) is 0 Å². The highest BCUT2D eigenvalue weighted by atomic mass is 35.5. The fraction of sp³-hybridized carbons (Fsp3) is 0.250. The molecule has 0 atom stereocenters. The molecule has 2 aromatic rings. The van der Waals surface area contributed by atoms with Crippen molar-refractivity contribution in [3.63, 3.8) is 0 Å². The number of hydrogen-bond donors (Lipinski definition) is 0. The summed E-state index contributed by atoms with van der Waals surface area (Å²) < 4.78 is 13.0. The van der Waals surface area contributed by atoms with Crippen LogP contribution in [0, 0.1) is 17.7 Å². The summed E-state index contributed by atoms with van der Waals surface area (Å²) in [6, 6.07) is 11.7.